The van der Waals surface area contributed by atoms with Crippen LogP contribution in [0.25, 0.3) is 33.3 Å². The summed E-state index contributed by atoms with van der Waals surface area (Å²) < 4.78 is 21.0. The Morgan fingerprint density at radius 1 is 0.949 bits per heavy atom. The van der Waals surface area contributed by atoms with E-state index in [9.17, 15) is 19.2 Å². The van der Waals surface area contributed by atoms with Crippen LogP contribution in [0.2, 0.25) is 0 Å². The summed E-state index contributed by atoms with van der Waals surface area (Å²) in [6, 6.07) is 15.1. The lowest BCUT2D eigenvalue weighted by Crippen LogP contribution is -2.63. The number of ether oxygens (including phenoxy) is 3. The van der Waals surface area contributed by atoms with Crippen molar-refractivity contribution < 1.29 is 33.4 Å². The number of morpholine rings is 1. The molecule has 5 saturated heterocycles. The van der Waals surface area contributed by atoms with E-state index in [-0.39, 0.29) is 42.6 Å². The minimum Gasteiger partial charge on any atom is -0.464 e. The number of amides is 4. The van der Waals surface area contributed by atoms with Crippen LogP contribution in [-0.2, 0) is 48.0 Å². The van der Waals surface area contributed by atoms with Gasteiger partial charge in [-0.25, -0.2) is 10.2 Å². The molecule has 16 nitrogen and oxygen atoms in total. The number of carbonyl (C=O) groups is 4. The summed E-state index contributed by atoms with van der Waals surface area (Å²) in [6.45, 7) is 19.4. The first kappa shape index (κ1) is 55.9. The van der Waals surface area contributed by atoms with Crippen LogP contribution >= 0.6 is 0 Å². The number of nitrogens with one attached hydrogen (secondary N) is 3. The molecule has 3 N–H and O–H groups in total. The molecule has 78 heavy (non-hydrogen) atoms. The van der Waals surface area contributed by atoms with Gasteiger partial charge in [-0.1, -0.05) is 64.4 Å². The van der Waals surface area contributed by atoms with E-state index in [1.54, 1.807) is 14.2 Å². The van der Waals surface area contributed by atoms with Gasteiger partial charge < -0.3 is 44.1 Å². The molecule has 4 amide bonds. The van der Waals surface area contributed by atoms with Crippen molar-refractivity contribution in [2.45, 2.75) is 167 Å². The molecule has 5 fully saturated rings. The molecule has 0 saturated carbocycles. The second kappa shape index (κ2) is 23.7. The van der Waals surface area contributed by atoms with E-state index in [2.05, 4.69) is 95.8 Å². The van der Waals surface area contributed by atoms with Crippen molar-refractivity contribution in [3.63, 3.8) is 0 Å². The molecule has 6 bridgehead atoms. The number of carbonyl (C=O) groups excluding carboxylic acids is 4. The summed E-state index contributed by atoms with van der Waals surface area (Å²) in [6.07, 6.45) is 12.4. The molecule has 2 aromatic carbocycles. The fourth-order valence-electron chi connectivity index (χ4n) is 13.8. The molecule has 8 heterocycles. The Morgan fingerprint density at radius 2 is 1.73 bits per heavy atom. The average molecular weight is 1070 g/mol. The predicted octanol–water partition coefficient (Wildman–Crippen LogP) is 8.40. The third-order valence-electron chi connectivity index (χ3n) is 18.2. The number of likely N-dealkylation sites (tertiary alicyclic amines) is 1. The maximum absolute atomic E-state index is 14.9. The second-order valence-electron chi connectivity index (χ2n) is 24.6. The smallest absolute Gasteiger partial charge is 0.324 e. The summed E-state index contributed by atoms with van der Waals surface area (Å²) in [7, 11) is 3.44. The van der Waals surface area contributed by atoms with Crippen molar-refractivity contribution in [3.8, 4) is 22.4 Å². The van der Waals surface area contributed by atoms with Crippen LogP contribution in [0, 0.1) is 11.3 Å². The van der Waals surface area contributed by atoms with Crippen LogP contribution in [0.5, 0.6) is 0 Å². The molecule has 422 valence electrons. The number of rotatable bonds is 9. The molecular formula is C62H87N9O7. The number of hydrazine groups is 1. The Morgan fingerprint density at radius 3 is 2.49 bits per heavy atom. The average Bonchev–Trinajstić information content (AvgIpc) is 3.82. The van der Waals surface area contributed by atoms with Crippen molar-refractivity contribution in [2.75, 3.05) is 73.2 Å². The lowest BCUT2D eigenvalue weighted by molar-refractivity contribution is -0.155. The van der Waals surface area contributed by atoms with E-state index in [0.717, 1.165) is 77.0 Å². The topological polar surface area (TPSA) is 163 Å². The lowest BCUT2D eigenvalue weighted by Gasteiger charge is -2.45. The number of methoxy groups -OCH3 is 1. The Hall–Kier alpha value is -5.39. The van der Waals surface area contributed by atoms with Gasteiger partial charge in [-0.05, 0) is 149 Å². The van der Waals surface area contributed by atoms with E-state index in [4.69, 9.17) is 19.2 Å². The van der Waals surface area contributed by atoms with E-state index < -0.39 is 35.4 Å². The van der Waals surface area contributed by atoms with Crippen molar-refractivity contribution >= 4 is 34.7 Å². The van der Waals surface area contributed by atoms with Gasteiger partial charge in [-0.3, -0.25) is 24.4 Å². The van der Waals surface area contributed by atoms with E-state index in [0.29, 0.717) is 70.3 Å². The number of fused-ring (bicyclic) bond motifs is 7. The highest BCUT2D eigenvalue weighted by Crippen LogP contribution is 2.44. The van der Waals surface area contributed by atoms with Gasteiger partial charge >= 0.3 is 12.0 Å². The molecule has 1 unspecified atom stereocenters. The van der Waals surface area contributed by atoms with Crippen LogP contribution in [0.3, 0.4) is 0 Å². The molecule has 6 atom stereocenters. The van der Waals surface area contributed by atoms with Gasteiger partial charge in [0, 0.05) is 94.0 Å². The fraction of sp³-hybridized carbons (Fsp3) is 0.629. The Bertz CT molecular complexity index is 2810. The monoisotopic (exact) mass is 1070 g/mol. The molecule has 4 aromatic rings. The van der Waals surface area contributed by atoms with E-state index in [1.807, 2.05) is 30.9 Å². The van der Waals surface area contributed by atoms with Crippen molar-refractivity contribution in [3.05, 3.63) is 77.1 Å². The number of aromatic nitrogens is 2. The van der Waals surface area contributed by atoms with Gasteiger partial charge in [0.05, 0.1) is 36.3 Å². The normalized spacial score (nSPS) is 24.9. The zero-order valence-electron chi connectivity index (χ0n) is 47.8. The first-order valence-electron chi connectivity index (χ1n) is 29.5. The number of nitrogens with zero attached hydrogens (tertiary/aromatic N) is 6. The standard InChI is InChI=1S/C62H87N9O7/c1-9-70-53-21-20-45-34-48(53)50(56(70)49-35-46(37-64-54(49)41(4)76-8)44-17-13-26-68-25-11-10-18-47(68)33-44)36-61(5,6)39-77-59(74)51-19-14-27-71(66-51)58(73)52(32-42-15-12-16-43(45)31-42)65-57(72)55(40(2)3)67(7)60(75)69-28-22-62(23-29-69)38-63-24-30-78-62/h12,15-16,20-21,31,34-35,37,40-41,44,47,51-52,55,63,66H,9-11,13-14,17-19,22-30,32-33,36,38-39H2,1-8H3,(H,65,72)/t41-,44?,47+,51-,52-,55-/m0/s1. The van der Waals surface area contributed by atoms with Gasteiger partial charge in [0.15, 0.2) is 0 Å². The fourth-order valence-corrected chi connectivity index (χ4v) is 13.8. The zero-order valence-corrected chi connectivity index (χ0v) is 47.8. The third-order valence-corrected chi connectivity index (χ3v) is 18.2. The number of esters is 1. The summed E-state index contributed by atoms with van der Waals surface area (Å²) in [5, 5.41) is 9.20. The number of piperidine rings is 2. The first-order valence-corrected chi connectivity index (χ1v) is 29.5. The highest BCUT2D eigenvalue weighted by molar-refractivity contribution is 5.96. The molecule has 6 aliphatic heterocycles. The van der Waals surface area contributed by atoms with Crippen LogP contribution in [0.15, 0.2) is 54.7 Å². The summed E-state index contributed by atoms with van der Waals surface area (Å²) >= 11 is 0. The Kier molecular flexibility index (Phi) is 17.0. The van der Waals surface area contributed by atoms with Crippen LogP contribution < -0.4 is 16.1 Å². The highest BCUT2D eigenvalue weighted by atomic mass is 16.5. The molecule has 0 radical (unpaired) electrons. The van der Waals surface area contributed by atoms with Crippen molar-refractivity contribution in [2.24, 2.45) is 11.3 Å². The van der Waals surface area contributed by atoms with E-state index in [1.165, 1.54) is 59.8 Å². The molecule has 6 aliphatic rings. The van der Waals surface area contributed by atoms with Gasteiger partial charge in [0.25, 0.3) is 5.91 Å². The number of hydrogen-bond donors (Lipinski definition) is 3. The number of pyridine rings is 1. The van der Waals surface area contributed by atoms with Crippen LogP contribution in [0.1, 0.15) is 140 Å². The third kappa shape index (κ3) is 11.8. The highest BCUT2D eigenvalue weighted by Gasteiger charge is 2.42. The maximum atomic E-state index is 14.9. The molecule has 1 spiro atoms. The SMILES string of the molecule is CCn1c(-c2cc(C3CCCN4CCCC[C@@H]4C3)cnc2[C@H](C)OC)c2c3cc(ccc31)-c1cccc(c1)C[C@H](NC(=O)[C@H](C(C)C)N(C)C(=O)N1CCC3(CC1)CNCCO3)C(=O)N1CCC[C@H](N1)C(=O)OCC(C)(C)C2. The van der Waals surface area contributed by atoms with Crippen LogP contribution in [-0.4, -0.2) is 156 Å². The molecular weight excluding hydrogens is 983 g/mol. The summed E-state index contributed by atoms with van der Waals surface area (Å²) in [5.41, 5.74) is 12.0. The first-order chi connectivity index (χ1) is 37.6. The number of likely N-dealkylation sites (N-methyl/N-ethyl adjacent to an activating group) is 1. The second-order valence-corrected chi connectivity index (χ2v) is 24.6. The van der Waals surface area contributed by atoms with Crippen molar-refractivity contribution in [1.82, 2.24) is 45.3 Å². The largest absolute Gasteiger partial charge is 0.464 e. The van der Waals surface area contributed by atoms with Gasteiger partial charge in [-0.15, -0.1) is 0 Å². The Balaban J connectivity index is 1.01. The van der Waals surface area contributed by atoms with Gasteiger partial charge in [0.2, 0.25) is 5.91 Å². The molecule has 0 aliphatic carbocycles. The maximum Gasteiger partial charge on any atom is 0.324 e. The molecule has 10 rings (SSSR count). The number of urea groups is 1. The number of hydrogen-bond acceptors (Lipinski definition) is 11. The van der Waals surface area contributed by atoms with Crippen molar-refractivity contribution in [1.29, 1.82) is 0 Å². The number of benzene rings is 2. The lowest BCUT2D eigenvalue weighted by atomic mass is 9.83. The number of aryl methyl sites for hydroxylation is 1. The van der Waals surface area contributed by atoms with Gasteiger partial charge in [0.1, 0.15) is 18.1 Å². The quantitative estimate of drug-likeness (QED) is 0.138. The molecule has 16 heteroatoms. The minimum absolute atomic E-state index is 0.155. The Labute approximate surface area is 462 Å². The predicted molar refractivity (Wildman–Crippen MR) is 304 cm³/mol. The van der Waals surface area contributed by atoms with Gasteiger partial charge in [-0.2, -0.15) is 0 Å². The summed E-state index contributed by atoms with van der Waals surface area (Å²) in [4.78, 5) is 69.6. The summed E-state index contributed by atoms with van der Waals surface area (Å²) in [5.74, 6) is -1.05. The zero-order chi connectivity index (χ0) is 54.9. The minimum atomic E-state index is -1.02. The molecule has 2 aromatic heterocycles. The van der Waals surface area contributed by atoms with E-state index >= 15 is 0 Å². The van der Waals surface area contributed by atoms with Crippen LogP contribution in [0.4, 0.5) is 4.79 Å². The number of cyclic esters (lactones) is 1.